The van der Waals surface area contributed by atoms with Crippen LogP contribution in [0, 0.1) is 5.92 Å². The SMILES string of the molecule is CC1CCCC(S(=O)CC(O)CNC(C)(C)C)C1. The smallest absolute Gasteiger partial charge is 0.0779 e. The fourth-order valence-corrected chi connectivity index (χ4v) is 4.17. The van der Waals surface area contributed by atoms with Crippen molar-refractivity contribution in [2.24, 2.45) is 5.92 Å². The summed E-state index contributed by atoms with van der Waals surface area (Å²) < 4.78 is 12.2. The zero-order chi connectivity index (χ0) is 13.8. The Morgan fingerprint density at radius 2 is 2.06 bits per heavy atom. The van der Waals surface area contributed by atoms with Crippen molar-refractivity contribution in [3.8, 4) is 0 Å². The molecule has 0 heterocycles. The number of aliphatic hydroxyl groups is 1. The summed E-state index contributed by atoms with van der Waals surface area (Å²) in [5.41, 5.74) is 0.00181. The summed E-state index contributed by atoms with van der Waals surface area (Å²) >= 11 is 0. The molecule has 0 aromatic carbocycles. The average Bonchev–Trinajstić information content (AvgIpc) is 2.25. The van der Waals surface area contributed by atoms with Gasteiger partial charge in [0.2, 0.25) is 0 Å². The second kappa shape index (κ2) is 7.01. The van der Waals surface area contributed by atoms with Crippen LogP contribution in [0.4, 0.5) is 0 Å². The predicted octanol–water partition coefficient (Wildman–Crippen LogP) is 2.06. The van der Waals surface area contributed by atoms with E-state index < -0.39 is 16.9 Å². The topological polar surface area (TPSA) is 49.3 Å². The predicted molar refractivity (Wildman–Crippen MR) is 78.2 cm³/mol. The number of nitrogens with one attached hydrogen (secondary N) is 1. The number of aliphatic hydroxyl groups excluding tert-OH is 1. The molecule has 0 aliphatic heterocycles. The van der Waals surface area contributed by atoms with Crippen LogP contribution in [-0.2, 0) is 10.8 Å². The van der Waals surface area contributed by atoms with Crippen LogP contribution in [0.25, 0.3) is 0 Å². The molecule has 1 saturated carbocycles. The van der Waals surface area contributed by atoms with Gasteiger partial charge < -0.3 is 10.4 Å². The fraction of sp³-hybridized carbons (Fsp3) is 1.00. The first-order valence-electron chi connectivity index (χ1n) is 7.08. The van der Waals surface area contributed by atoms with Crippen molar-refractivity contribution in [1.29, 1.82) is 0 Å². The molecule has 18 heavy (non-hydrogen) atoms. The van der Waals surface area contributed by atoms with E-state index in [-0.39, 0.29) is 5.54 Å². The van der Waals surface area contributed by atoms with E-state index in [9.17, 15) is 9.32 Å². The highest BCUT2D eigenvalue weighted by Crippen LogP contribution is 2.27. The van der Waals surface area contributed by atoms with E-state index in [1.54, 1.807) is 0 Å². The minimum atomic E-state index is -0.876. The standard InChI is InChI=1S/C14H29NO2S/c1-11-6-5-7-13(8-11)18(17)10-12(16)9-15-14(2,3)4/h11-13,15-16H,5-10H2,1-4H3. The highest BCUT2D eigenvalue weighted by atomic mass is 32.2. The van der Waals surface area contributed by atoms with Crippen LogP contribution >= 0.6 is 0 Å². The Hall–Kier alpha value is 0.0700. The van der Waals surface area contributed by atoms with Crippen LogP contribution < -0.4 is 5.32 Å². The lowest BCUT2D eigenvalue weighted by atomic mass is 9.91. The van der Waals surface area contributed by atoms with Crippen molar-refractivity contribution in [2.45, 2.75) is 70.3 Å². The quantitative estimate of drug-likeness (QED) is 0.807. The Balaban J connectivity index is 2.30. The third-order valence-electron chi connectivity index (χ3n) is 3.48. The van der Waals surface area contributed by atoms with Gasteiger partial charge in [-0.1, -0.05) is 19.8 Å². The summed E-state index contributed by atoms with van der Waals surface area (Å²) in [6, 6.07) is 0. The lowest BCUT2D eigenvalue weighted by Gasteiger charge is -2.27. The summed E-state index contributed by atoms with van der Waals surface area (Å²) in [6.07, 6.45) is 4.08. The van der Waals surface area contributed by atoms with Crippen LogP contribution in [0.1, 0.15) is 53.4 Å². The molecular formula is C14H29NO2S. The summed E-state index contributed by atoms with van der Waals surface area (Å²) in [5.74, 6) is 1.11. The Labute approximate surface area is 114 Å². The van der Waals surface area contributed by atoms with Gasteiger partial charge in [-0.2, -0.15) is 0 Å². The molecular weight excluding hydrogens is 246 g/mol. The highest BCUT2D eigenvalue weighted by molar-refractivity contribution is 7.85. The Morgan fingerprint density at radius 3 is 2.61 bits per heavy atom. The third kappa shape index (κ3) is 6.30. The first kappa shape index (κ1) is 16.1. The lowest BCUT2D eigenvalue weighted by Crippen LogP contribution is -2.43. The minimum Gasteiger partial charge on any atom is -0.391 e. The maximum atomic E-state index is 12.2. The van der Waals surface area contributed by atoms with E-state index in [0.717, 1.165) is 12.8 Å². The first-order valence-corrected chi connectivity index (χ1v) is 8.46. The number of β-amino-alcohol motifs (C(OH)–C–C–N with tert-alkyl or cyclic N) is 1. The molecule has 1 fully saturated rings. The van der Waals surface area contributed by atoms with Gasteiger partial charge >= 0.3 is 0 Å². The number of hydrogen-bond acceptors (Lipinski definition) is 3. The molecule has 4 heteroatoms. The number of rotatable bonds is 5. The van der Waals surface area contributed by atoms with Gasteiger partial charge in [0.25, 0.3) is 0 Å². The first-order chi connectivity index (χ1) is 8.28. The molecule has 0 aromatic heterocycles. The molecule has 4 atom stereocenters. The van der Waals surface area contributed by atoms with Crippen molar-refractivity contribution in [2.75, 3.05) is 12.3 Å². The molecule has 3 nitrogen and oxygen atoms in total. The molecule has 4 unspecified atom stereocenters. The molecule has 1 rings (SSSR count). The molecule has 108 valence electrons. The van der Waals surface area contributed by atoms with Gasteiger partial charge in [-0.15, -0.1) is 0 Å². The molecule has 0 saturated heterocycles. The average molecular weight is 275 g/mol. The summed E-state index contributed by atoms with van der Waals surface area (Å²) in [7, 11) is -0.876. The molecule has 1 aliphatic carbocycles. The van der Waals surface area contributed by atoms with E-state index >= 15 is 0 Å². The fourth-order valence-electron chi connectivity index (χ4n) is 2.43. The second-order valence-electron chi connectivity index (χ2n) is 6.73. The van der Waals surface area contributed by atoms with E-state index in [4.69, 9.17) is 0 Å². The summed E-state index contributed by atoms with van der Waals surface area (Å²) in [4.78, 5) is 0. The maximum absolute atomic E-state index is 12.2. The van der Waals surface area contributed by atoms with Crippen LogP contribution in [0.15, 0.2) is 0 Å². The van der Waals surface area contributed by atoms with E-state index in [1.807, 2.05) is 0 Å². The van der Waals surface area contributed by atoms with Gasteiger partial charge in [0.05, 0.1) is 11.9 Å². The van der Waals surface area contributed by atoms with Gasteiger partial charge in [0, 0.05) is 28.1 Å². The third-order valence-corrected chi connectivity index (χ3v) is 5.37. The molecule has 2 N–H and O–H groups in total. The van der Waals surface area contributed by atoms with Crippen LogP contribution in [0.2, 0.25) is 0 Å². The monoisotopic (exact) mass is 275 g/mol. The van der Waals surface area contributed by atoms with Gasteiger partial charge in [-0.3, -0.25) is 4.21 Å². The van der Waals surface area contributed by atoms with Crippen molar-refractivity contribution in [1.82, 2.24) is 5.32 Å². The molecule has 1 aliphatic rings. The molecule has 0 radical (unpaired) electrons. The van der Waals surface area contributed by atoms with Crippen LogP contribution in [0.3, 0.4) is 0 Å². The molecule has 0 spiro atoms. The van der Waals surface area contributed by atoms with Crippen molar-refractivity contribution in [3.05, 3.63) is 0 Å². The van der Waals surface area contributed by atoms with E-state index in [1.165, 1.54) is 12.8 Å². The zero-order valence-corrected chi connectivity index (χ0v) is 13.1. The summed E-state index contributed by atoms with van der Waals surface area (Å²) in [5, 5.41) is 13.5. The normalized spacial score (nSPS) is 28.9. The Bertz CT molecular complexity index is 275. The molecule has 0 aromatic rings. The van der Waals surface area contributed by atoms with E-state index in [2.05, 4.69) is 33.0 Å². The van der Waals surface area contributed by atoms with Crippen molar-refractivity contribution >= 4 is 10.8 Å². The Kier molecular flexibility index (Phi) is 6.28. The second-order valence-corrected chi connectivity index (χ2v) is 8.49. The van der Waals surface area contributed by atoms with E-state index in [0.29, 0.717) is 23.5 Å². The van der Waals surface area contributed by atoms with Crippen LogP contribution in [-0.4, -0.2) is 38.5 Å². The van der Waals surface area contributed by atoms with Gasteiger partial charge in [-0.25, -0.2) is 0 Å². The highest BCUT2D eigenvalue weighted by Gasteiger charge is 2.25. The molecule has 0 bridgehead atoms. The Morgan fingerprint density at radius 1 is 1.39 bits per heavy atom. The van der Waals surface area contributed by atoms with Crippen molar-refractivity contribution in [3.63, 3.8) is 0 Å². The van der Waals surface area contributed by atoms with Gasteiger partial charge in [-0.05, 0) is 39.5 Å². The maximum Gasteiger partial charge on any atom is 0.0779 e. The number of hydrogen-bond donors (Lipinski definition) is 2. The van der Waals surface area contributed by atoms with Gasteiger partial charge in [0.1, 0.15) is 0 Å². The minimum absolute atomic E-state index is 0.00181. The van der Waals surface area contributed by atoms with Gasteiger partial charge in [0.15, 0.2) is 0 Å². The largest absolute Gasteiger partial charge is 0.391 e. The zero-order valence-electron chi connectivity index (χ0n) is 12.2. The lowest BCUT2D eigenvalue weighted by molar-refractivity contribution is 0.182. The van der Waals surface area contributed by atoms with Crippen LogP contribution in [0.5, 0.6) is 0 Å². The summed E-state index contributed by atoms with van der Waals surface area (Å²) in [6.45, 7) is 8.97. The molecule has 0 amide bonds. The van der Waals surface area contributed by atoms with Crippen molar-refractivity contribution < 1.29 is 9.32 Å².